The molecule has 0 N–H and O–H groups in total. The van der Waals surface area contributed by atoms with Gasteiger partial charge in [-0.25, -0.2) is 8.42 Å². The van der Waals surface area contributed by atoms with Crippen LogP contribution in [0.2, 0.25) is 0 Å². The van der Waals surface area contributed by atoms with Crippen LogP contribution >= 0.6 is 17.5 Å². The van der Waals surface area contributed by atoms with E-state index >= 15 is 0 Å². The van der Waals surface area contributed by atoms with Crippen LogP contribution in [0.5, 0.6) is 0 Å². The molecule has 3 rings (SSSR count). The van der Waals surface area contributed by atoms with Crippen LogP contribution < -0.4 is 0 Å². The van der Waals surface area contributed by atoms with Crippen molar-refractivity contribution in [1.82, 2.24) is 3.85 Å². The minimum Gasteiger partial charge on any atom is -0.212 e. The summed E-state index contributed by atoms with van der Waals surface area (Å²) in [6.45, 7) is 0. The Morgan fingerprint density at radius 2 is 1.47 bits per heavy atom. The third kappa shape index (κ3) is 4.13. The van der Waals surface area contributed by atoms with Crippen molar-refractivity contribution < 1.29 is 8.42 Å². The first kappa shape index (κ1) is 12.8. The van der Waals surface area contributed by atoms with Crippen LogP contribution in [0.15, 0.2) is 0 Å². The lowest BCUT2D eigenvalue weighted by Crippen LogP contribution is -2.20. The largest absolute Gasteiger partial charge is 0.220 e. The molecular formula is C11H21NO2P2S. The second-order valence-electron chi connectivity index (χ2n) is 5.62. The van der Waals surface area contributed by atoms with Gasteiger partial charge in [-0.1, -0.05) is 12.8 Å². The van der Waals surface area contributed by atoms with E-state index in [4.69, 9.17) is 0 Å². The summed E-state index contributed by atoms with van der Waals surface area (Å²) < 4.78 is 26.5. The highest BCUT2D eigenvalue weighted by atomic mass is 32.2. The fourth-order valence-electron chi connectivity index (χ4n) is 1.77. The molecule has 3 saturated carbocycles. The van der Waals surface area contributed by atoms with E-state index < -0.39 is 10.0 Å². The van der Waals surface area contributed by atoms with Gasteiger partial charge in [0, 0.05) is 0 Å². The SMILES string of the molecule is O=S(=O)(CCC1CC1)N(PC1CC1)PC1CC1. The Hall–Kier alpha value is 0.770. The Labute approximate surface area is 108 Å². The van der Waals surface area contributed by atoms with Crippen LogP contribution in [-0.2, 0) is 10.0 Å². The summed E-state index contributed by atoms with van der Waals surface area (Å²) in [6, 6.07) is 0. The van der Waals surface area contributed by atoms with Crippen LogP contribution in [0.3, 0.4) is 0 Å². The normalized spacial score (nSPS) is 26.9. The molecule has 2 atom stereocenters. The molecule has 98 valence electrons. The minimum absolute atomic E-state index is 0.414. The van der Waals surface area contributed by atoms with Crippen molar-refractivity contribution in [2.75, 3.05) is 5.75 Å². The van der Waals surface area contributed by atoms with Crippen molar-refractivity contribution in [3.8, 4) is 0 Å². The number of hydrogen-bond acceptors (Lipinski definition) is 2. The van der Waals surface area contributed by atoms with Crippen molar-refractivity contribution in [2.45, 2.75) is 56.3 Å². The van der Waals surface area contributed by atoms with Crippen molar-refractivity contribution in [1.29, 1.82) is 0 Å². The summed E-state index contributed by atoms with van der Waals surface area (Å²) in [5, 5.41) is 0. The lowest BCUT2D eigenvalue weighted by molar-refractivity contribution is 0.575. The molecule has 0 spiro atoms. The monoisotopic (exact) mass is 293 g/mol. The molecule has 2 unspecified atom stereocenters. The maximum atomic E-state index is 12.3. The molecule has 6 heteroatoms. The highest BCUT2D eigenvalue weighted by Gasteiger charge is 2.35. The van der Waals surface area contributed by atoms with Crippen LogP contribution in [0.25, 0.3) is 0 Å². The van der Waals surface area contributed by atoms with Crippen LogP contribution in [0, 0.1) is 5.92 Å². The molecule has 0 aliphatic heterocycles. The van der Waals surface area contributed by atoms with Gasteiger partial charge in [-0.2, -0.15) is 3.85 Å². The molecule has 0 bridgehead atoms. The lowest BCUT2D eigenvalue weighted by Gasteiger charge is -2.21. The van der Waals surface area contributed by atoms with Gasteiger partial charge >= 0.3 is 0 Å². The summed E-state index contributed by atoms with van der Waals surface area (Å²) in [4.78, 5) is 0. The van der Waals surface area contributed by atoms with Crippen molar-refractivity contribution >= 4 is 27.5 Å². The van der Waals surface area contributed by atoms with Gasteiger partial charge < -0.3 is 0 Å². The summed E-state index contributed by atoms with van der Waals surface area (Å²) in [6.07, 6.45) is 8.43. The number of rotatable bonds is 8. The first-order chi connectivity index (χ1) is 8.13. The van der Waals surface area contributed by atoms with Crippen molar-refractivity contribution in [2.24, 2.45) is 5.92 Å². The maximum absolute atomic E-state index is 12.3. The number of sulfonamides is 1. The predicted molar refractivity (Wildman–Crippen MR) is 75.6 cm³/mol. The van der Waals surface area contributed by atoms with Gasteiger partial charge in [-0.15, -0.1) is 0 Å². The Kier molecular flexibility index (Phi) is 3.79. The molecule has 0 heterocycles. The summed E-state index contributed by atoms with van der Waals surface area (Å²) in [7, 11) is -1.82. The predicted octanol–water partition coefficient (Wildman–Crippen LogP) is 2.93. The van der Waals surface area contributed by atoms with Gasteiger partial charge in [-0.3, -0.25) is 0 Å². The van der Waals surface area contributed by atoms with E-state index in [0.717, 1.165) is 12.3 Å². The highest BCUT2D eigenvalue weighted by molar-refractivity contribution is 7.97. The minimum atomic E-state index is -2.93. The average Bonchev–Trinajstić information content (AvgIpc) is 3.13. The maximum Gasteiger partial charge on any atom is 0.220 e. The van der Waals surface area contributed by atoms with E-state index in [0.29, 0.717) is 34.5 Å². The van der Waals surface area contributed by atoms with Gasteiger partial charge in [0.25, 0.3) is 0 Å². The zero-order valence-corrected chi connectivity index (χ0v) is 12.9. The molecular weight excluding hydrogens is 272 g/mol. The Morgan fingerprint density at radius 3 is 1.88 bits per heavy atom. The van der Waals surface area contributed by atoms with Crippen molar-refractivity contribution in [3.63, 3.8) is 0 Å². The first-order valence-corrected chi connectivity index (χ1v) is 10.3. The molecule has 0 amide bonds. The zero-order valence-electron chi connectivity index (χ0n) is 10.1. The highest BCUT2D eigenvalue weighted by Crippen LogP contribution is 2.54. The van der Waals surface area contributed by atoms with Gasteiger partial charge in [0.1, 0.15) is 0 Å². The molecule has 0 radical (unpaired) electrons. The van der Waals surface area contributed by atoms with E-state index in [1.807, 2.05) is 3.85 Å². The smallest absolute Gasteiger partial charge is 0.212 e. The van der Waals surface area contributed by atoms with E-state index in [1.165, 1.54) is 38.5 Å². The second kappa shape index (κ2) is 5.04. The van der Waals surface area contributed by atoms with Crippen LogP contribution in [0.1, 0.15) is 44.9 Å². The Bertz CT molecular complexity index is 361. The average molecular weight is 293 g/mol. The van der Waals surface area contributed by atoms with E-state index in [2.05, 4.69) is 0 Å². The summed E-state index contributed by atoms with van der Waals surface area (Å²) >= 11 is 0. The third-order valence-corrected chi connectivity index (χ3v) is 10.3. The molecule has 17 heavy (non-hydrogen) atoms. The molecule has 3 aliphatic rings. The molecule has 0 saturated heterocycles. The Morgan fingerprint density at radius 1 is 0.941 bits per heavy atom. The third-order valence-electron chi connectivity index (χ3n) is 3.51. The van der Waals surface area contributed by atoms with Gasteiger partial charge in [0.15, 0.2) is 0 Å². The second-order valence-corrected chi connectivity index (χ2v) is 11.7. The van der Waals surface area contributed by atoms with E-state index in [-0.39, 0.29) is 0 Å². The van der Waals surface area contributed by atoms with Crippen molar-refractivity contribution in [3.05, 3.63) is 0 Å². The van der Waals surface area contributed by atoms with E-state index in [1.54, 1.807) is 0 Å². The standard InChI is InChI=1S/C11H21NO2P2S/c13-17(14,8-7-9-1-2-9)12(15-10-3-4-10)16-11-5-6-11/h9-11,15-16H,1-8H2. The van der Waals surface area contributed by atoms with Crippen LogP contribution in [-0.4, -0.2) is 29.3 Å². The van der Waals surface area contributed by atoms with Crippen LogP contribution in [0.4, 0.5) is 0 Å². The molecule has 0 aromatic carbocycles. The van der Waals surface area contributed by atoms with Gasteiger partial charge in [-0.05, 0) is 66.8 Å². The lowest BCUT2D eigenvalue weighted by atomic mass is 10.3. The summed E-state index contributed by atoms with van der Waals surface area (Å²) in [5.74, 6) is 1.14. The number of hydrogen-bond donors (Lipinski definition) is 0. The summed E-state index contributed by atoms with van der Waals surface area (Å²) in [5.41, 5.74) is 1.41. The molecule has 3 aliphatic carbocycles. The number of nitrogens with zero attached hydrogens (tertiary/aromatic N) is 1. The fraction of sp³-hybridized carbons (Fsp3) is 1.00. The molecule has 3 fully saturated rings. The first-order valence-electron chi connectivity index (χ1n) is 6.69. The zero-order chi connectivity index (χ0) is 11.9. The molecule has 0 aromatic rings. The molecule has 3 nitrogen and oxygen atoms in total. The fourth-order valence-corrected chi connectivity index (χ4v) is 8.22. The molecule has 0 aromatic heterocycles. The van der Waals surface area contributed by atoms with E-state index in [9.17, 15) is 8.42 Å². The Balaban J connectivity index is 1.56. The van der Waals surface area contributed by atoms with Gasteiger partial charge in [0.05, 0.1) is 5.75 Å². The van der Waals surface area contributed by atoms with Gasteiger partial charge in [0.2, 0.25) is 10.0 Å². The quantitative estimate of drug-likeness (QED) is 0.645. The topological polar surface area (TPSA) is 37.4 Å².